The van der Waals surface area contributed by atoms with Crippen molar-refractivity contribution in [1.29, 1.82) is 0 Å². The largest absolute Gasteiger partial charge is 0.353 e. The molecule has 0 unspecified atom stereocenters. The summed E-state index contributed by atoms with van der Waals surface area (Å²) >= 11 is 24.5. The number of hydrogen-bond donors (Lipinski definition) is 2. The summed E-state index contributed by atoms with van der Waals surface area (Å²) in [6, 6.07) is 18.0. The van der Waals surface area contributed by atoms with Crippen molar-refractivity contribution in [2.24, 2.45) is 0 Å². The van der Waals surface area contributed by atoms with Crippen LogP contribution in [0, 0.1) is 0 Å². The van der Waals surface area contributed by atoms with Crippen molar-refractivity contribution in [3.63, 3.8) is 0 Å². The average Bonchev–Trinajstić information content (AvgIpc) is 2.65. The van der Waals surface area contributed by atoms with E-state index in [-0.39, 0.29) is 12.3 Å². The second-order valence-electron chi connectivity index (χ2n) is 6.07. The first-order valence-electron chi connectivity index (χ1n) is 8.43. The number of anilines is 2. The van der Waals surface area contributed by atoms with Crippen LogP contribution >= 0.6 is 46.4 Å². The van der Waals surface area contributed by atoms with Gasteiger partial charge in [-0.25, -0.2) is 0 Å². The molecule has 0 bridgehead atoms. The van der Waals surface area contributed by atoms with Gasteiger partial charge in [-0.2, -0.15) is 0 Å². The van der Waals surface area contributed by atoms with Crippen LogP contribution in [0.5, 0.6) is 0 Å². The van der Waals surface area contributed by atoms with Gasteiger partial charge in [-0.1, -0.05) is 76.7 Å². The Labute approximate surface area is 183 Å². The van der Waals surface area contributed by atoms with Crippen molar-refractivity contribution >= 4 is 63.7 Å². The number of carbonyl (C=O) groups is 1. The first-order valence-corrected chi connectivity index (χ1v) is 9.95. The Morgan fingerprint density at radius 1 is 0.786 bits per heavy atom. The molecule has 3 aromatic carbocycles. The lowest BCUT2D eigenvalue weighted by molar-refractivity contribution is -0.120. The molecular formula is C21H16Cl4N2O. The van der Waals surface area contributed by atoms with Crippen molar-refractivity contribution in [3.8, 4) is 0 Å². The average molecular weight is 454 g/mol. The van der Waals surface area contributed by atoms with Gasteiger partial charge in [0.2, 0.25) is 5.91 Å². The van der Waals surface area contributed by atoms with E-state index in [4.69, 9.17) is 46.4 Å². The van der Waals surface area contributed by atoms with Gasteiger partial charge in [0, 0.05) is 22.3 Å². The summed E-state index contributed by atoms with van der Waals surface area (Å²) in [5.74, 6) is -0.134. The van der Waals surface area contributed by atoms with Crippen LogP contribution in [-0.2, 0) is 17.8 Å². The number of para-hydroxylation sites is 2. The van der Waals surface area contributed by atoms with E-state index in [1.165, 1.54) is 0 Å². The number of nitrogens with one attached hydrogen (secondary N) is 2. The molecular weight excluding hydrogens is 438 g/mol. The Hall–Kier alpha value is -1.91. The van der Waals surface area contributed by atoms with Crippen LogP contribution in [0.2, 0.25) is 20.1 Å². The molecule has 0 spiro atoms. The first-order chi connectivity index (χ1) is 13.4. The minimum Gasteiger partial charge on any atom is -0.353 e. The van der Waals surface area contributed by atoms with Crippen LogP contribution in [0.25, 0.3) is 0 Å². The summed E-state index contributed by atoms with van der Waals surface area (Å²) in [6.45, 7) is 0.320. The van der Waals surface area contributed by atoms with E-state index in [0.29, 0.717) is 32.3 Å². The van der Waals surface area contributed by atoms with Gasteiger partial charge in [0.05, 0.1) is 22.2 Å². The molecule has 0 atom stereocenters. The predicted molar refractivity (Wildman–Crippen MR) is 118 cm³/mol. The third-order valence-electron chi connectivity index (χ3n) is 4.08. The lowest BCUT2D eigenvalue weighted by Gasteiger charge is -2.14. The van der Waals surface area contributed by atoms with E-state index in [2.05, 4.69) is 10.6 Å². The molecule has 0 fully saturated rings. The highest BCUT2D eigenvalue weighted by molar-refractivity contribution is 6.39. The van der Waals surface area contributed by atoms with Crippen molar-refractivity contribution < 1.29 is 4.79 Å². The minimum atomic E-state index is -0.134. The number of hydrogen-bond acceptors (Lipinski definition) is 2. The second-order valence-corrected chi connectivity index (χ2v) is 7.73. The van der Waals surface area contributed by atoms with Crippen molar-refractivity contribution in [3.05, 3.63) is 91.9 Å². The summed E-state index contributed by atoms with van der Waals surface area (Å²) in [4.78, 5) is 12.4. The Bertz CT molecular complexity index is 987. The van der Waals surface area contributed by atoms with Crippen LogP contribution in [0.3, 0.4) is 0 Å². The molecule has 0 saturated heterocycles. The fourth-order valence-electron chi connectivity index (χ4n) is 2.64. The summed E-state index contributed by atoms with van der Waals surface area (Å²) < 4.78 is 0. The zero-order valence-corrected chi connectivity index (χ0v) is 17.6. The van der Waals surface area contributed by atoms with Gasteiger partial charge in [-0.05, 0) is 41.5 Å². The number of amides is 1. The third-order valence-corrected chi connectivity index (χ3v) is 5.30. The Kier molecular flexibility index (Phi) is 7.08. The molecule has 2 N–H and O–H groups in total. The van der Waals surface area contributed by atoms with Crippen LogP contribution in [0.1, 0.15) is 11.1 Å². The van der Waals surface area contributed by atoms with E-state index in [0.717, 1.165) is 16.8 Å². The van der Waals surface area contributed by atoms with Crippen molar-refractivity contribution in [2.75, 3.05) is 5.32 Å². The van der Waals surface area contributed by atoms with E-state index in [1.807, 2.05) is 24.3 Å². The topological polar surface area (TPSA) is 41.1 Å². The molecule has 1 amide bonds. The van der Waals surface area contributed by atoms with Crippen molar-refractivity contribution in [2.45, 2.75) is 13.0 Å². The second kappa shape index (κ2) is 9.53. The minimum absolute atomic E-state index is 0.134. The number of halogens is 4. The molecule has 3 rings (SSSR count). The molecule has 3 nitrogen and oxygen atoms in total. The molecule has 144 valence electrons. The number of benzene rings is 3. The van der Waals surface area contributed by atoms with Gasteiger partial charge in [-0.15, -0.1) is 0 Å². The first kappa shape index (κ1) is 20.8. The van der Waals surface area contributed by atoms with E-state index in [9.17, 15) is 4.79 Å². The molecule has 0 aliphatic carbocycles. The van der Waals surface area contributed by atoms with Crippen LogP contribution < -0.4 is 10.6 Å². The molecule has 7 heteroatoms. The smallest absolute Gasteiger partial charge is 0.224 e. The molecule has 0 aliphatic rings. The summed E-state index contributed by atoms with van der Waals surface area (Å²) in [6.07, 6.45) is 0.191. The van der Waals surface area contributed by atoms with Gasteiger partial charge in [0.15, 0.2) is 0 Å². The lowest BCUT2D eigenvalue weighted by atomic mass is 10.1. The van der Waals surface area contributed by atoms with Gasteiger partial charge in [0.1, 0.15) is 0 Å². The predicted octanol–water partition coefficient (Wildman–Crippen LogP) is 6.90. The maximum Gasteiger partial charge on any atom is 0.224 e. The highest BCUT2D eigenvalue weighted by Crippen LogP contribution is 2.33. The zero-order valence-electron chi connectivity index (χ0n) is 14.6. The van der Waals surface area contributed by atoms with E-state index < -0.39 is 0 Å². The Morgan fingerprint density at radius 2 is 1.50 bits per heavy atom. The highest BCUT2D eigenvalue weighted by atomic mass is 35.5. The molecule has 0 saturated carbocycles. The number of rotatable bonds is 6. The SMILES string of the molecule is O=C(Cc1ccccc1Nc1c(Cl)cccc1Cl)NCc1ccc(Cl)cc1Cl. The van der Waals surface area contributed by atoms with Gasteiger partial charge < -0.3 is 10.6 Å². The normalized spacial score (nSPS) is 10.6. The maximum absolute atomic E-state index is 12.4. The number of carbonyl (C=O) groups excluding carboxylic acids is 1. The zero-order chi connectivity index (χ0) is 20.1. The highest BCUT2D eigenvalue weighted by Gasteiger charge is 2.12. The lowest BCUT2D eigenvalue weighted by Crippen LogP contribution is -2.25. The fraction of sp³-hybridized carbons (Fsp3) is 0.0952. The Balaban J connectivity index is 1.70. The molecule has 3 aromatic rings. The summed E-state index contributed by atoms with van der Waals surface area (Å²) in [5, 5.41) is 8.18. The standard InChI is InChI=1S/C21H16Cl4N2O/c22-15-9-8-14(18(25)11-15)12-26-20(28)10-13-4-1-2-7-19(13)27-21-16(23)5-3-6-17(21)24/h1-9,11,27H,10,12H2,(H,26,28). The van der Waals surface area contributed by atoms with Crippen LogP contribution in [0.15, 0.2) is 60.7 Å². The van der Waals surface area contributed by atoms with Gasteiger partial charge in [-0.3, -0.25) is 4.79 Å². The molecule has 0 aliphatic heterocycles. The van der Waals surface area contributed by atoms with Crippen LogP contribution in [-0.4, -0.2) is 5.91 Å². The van der Waals surface area contributed by atoms with E-state index in [1.54, 1.807) is 36.4 Å². The molecule has 28 heavy (non-hydrogen) atoms. The van der Waals surface area contributed by atoms with Gasteiger partial charge in [0.25, 0.3) is 0 Å². The molecule has 0 aromatic heterocycles. The summed E-state index contributed by atoms with van der Waals surface area (Å²) in [7, 11) is 0. The summed E-state index contributed by atoms with van der Waals surface area (Å²) in [5.41, 5.74) is 2.98. The molecule has 0 radical (unpaired) electrons. The quantitative estimate of drug-likeness (QED) is 0.426. The van der Waals surface area contributed by atoms with Crippen LogP contribution in [0.4, 0.5) is 11.4 Å². The Morgan fingerprint density at radius 3 is 2.21 bits per heavy atom. The van der Waals surface area contributed by atoms with E-state index >= 15 is 0 Å². The van der Waals surface area contributed by atoms with Crippen molar-refractivity contribution in [1.82, 2.24) is 5.32 Å². The fourth-order valence-corrected chi connectivity index (χ4v) is 3.61. The monoisotopic (exact) mass is 452 g/mol. The molecule has 0 heterocycles. The maximum atomic E-state index is 12.4. The van der Waals surface area contributed by atoms with Gasteiger partial charge >= 0.3 is 0 Å². The third kappa shape index (κ3) is 5.33.